The maximum atomic E-state index is 12.0. The van der Waals surface area contributed by atoms with Crippen LogP contribution in [-0.4, -0.2) is 30.4 Å². The molecule has 0 heterocycles. The lowest BCUT2D eigenvalue weighted by Gasteiger charge is -2.14. The zero-order chi connectivity index (χ0) is 18.2. The van der Waals surface area contributed by atoms with Gasteiger partial charge in [0.2, 0.25) is 0 Å². The summed E-state index contributed by atoms with van der Waals surface area (Å²) in [4.78, 5) is 35.6. The van der Waals surface area contributed by atoms with Crippen LogP contribution in [0, 0.1) is 0 Å². The summed E-state index contributed by atoms with van der Waals surface area (Å²) < 4.78 is 5.00. The third kappa shape index (κ3) is 5.93. The monoisotopic (exact) mass is 360 g/mol. The maximum Gasteiger partial charge on any atom is 0.326 e. The maximum absolute atomic E-state index is 12.0. The van der Waals surface area contributed by atoms with E-state index in [0.717, 1.165) is 0 Å². The third-order valence-corrected chi connectivity index (χ3v) is 3.43. The molecule has 2 aromatic carbocycles. The largest absolute Gasteiger partial charge is 0.451 e. The van der Waals surface area contributed by atoms with E-state index in [1.165, 1.54) is 6.92 Å². The van der Waals surface area contributed by atoms with Crippen molar-refractivity contribution in [2.75, 3.05) is 11.9 Å². The number of hydrogen-bond donors (Lipinski definition) is 2. The lowest BCUT2D eigenvalue weighted by Crippen LogP contribution is -2.35. The number of nitrogens with one attached hydrogen (secondary N) is 2. The van der Waals surface area contributed by atoms with Crippen molar-refractivity contribution in [3.05, 3.63) is 65.2 Å². The highest BCUT2D eigenvalue weighted by atomic mass is 35.5. The van der Waals surface area contributed by atoms with Gasteiger partial charge in [-0.2, -0.15) is 0 Å². The Bertz CT molecular complexity index is 765. The Morgan fingerprint density at radius 1 is 1.08 bits per heavy atom. The molecule has 25 heavy (non-hydrogen) atoms. The number of hydrogen-bond acceptors (Lipinski definition) is 4. The number of benzene rings is 2. The molecule has 130 valence electrons. The molecule has 0 unspecified atom stereocenters. The Balaban J connectivity index is 1.79. The van der Waals surface area contributed by atoms with Crippen LogP contribution < -0.4 is 10.6 Å². The molecular weight excluding hydrogens is 344 g/mol. The Morgan fingerprint density at radius 3 is 2.48 bits per heavy atom. The molecule has 0 aliphatic heterocycles. The zero-order valence-corrected chi connectivity index (χ0v) is 14.2. The van der Waals surface area contributed by atoms with Crippen LogP contribution in [0.5, 0.6) is 0 Å². The van der Waals surface area contributed by atoms with Crippen LogP contribution in [0.3, 0.4) is 0 Å². The highest BCUT2D eigenvalue weighted by molar-refractivity contribution is 6.30. The van der Waals surface area contributed by atoms with Gasteiger partial charge in [-0.3, -0.25) is 14.4 Å². The first-order chi connectivity index (χ1) is 12.0. The molecule has 2 amide bonds. The molecule has 0 fully saturated rings. The number of halogens is 1. The van der Waals surface area contributed by atoms with Gasteiger partial charge in [-0.25, -0.2) is 0 Å². The number of ether oxygens (including phenoxy) is 1. The van der Waals surface area contributed by atoms with Crippen molar-refractivity contribution in [3.8, 4) is 0 Å². The van der Waals surface area contributed by atoms with Gasteiger partial charge in [-0.1, -0.05) is 35.9 Å². The first-order valence-corrected chi connectivity index (χ1v) is 7.92. The smallest absolute Gasteiger partial charge is 0.326 e. The van der Waals surface area contributed by atoms with Gasteiger partial charge in [0, 0.05) is 16.3 Å². The van der Waals surface area contributed by atoms with Gasteiger partial charge in [-0.15, -0.1) is 0 Å². The summed E-state index contributed by atoms with van der Waals surface area (Å²) in [6.45, 7) is 1.11. The molecule has 2 aromatic rings. The van der Waals surface area contributed by atoms with Crippen molar-refractivity contribution < 1.29 is 19.1 Å². The normalized spacial score (nSPS) is 11.3. The molecule has 6 nitrogen and oxygen atoms in total. The number of anilines is 1. The van der Waals surface area contributed by atoms with Crippen LogP contribution in [0.15, 0.2) is 54.6 Å². The molecule has 0 aliphatic carbocycles. The average Bonchev–Trinajstić information content (AvgIpc) is 2.60. The van der Waals surface area contributed by atoms with Gasteiger partial charge in [0.1, 0.15) is 6.54 Å². The molecule has 0 spiro atoms. The fraction of sp³-hybridized carbons (Fsp3) is 0.167. The molecule has 0 bridgehead atoms. The van der Waals surface area contributed by atoms with Crippen LogP contribution in [0.25, 0.3) is 0 Å². The third-order valence-electron chi connectivity index (χ3n) is 3.20. The first-order valence-electron chi connectivity index (χ1n) is 7.55. The van der Waals surface area contributed by atoms with Gasteiger partial charge < -0.3 is 15.4 Å². The van der Waals surface area contributed by atoms with Gasteiger partial charge >= 0.3 is 5.97 Å². The lowest BCUT2D eigenvalue weighted by atomic mass is 10.2. The molecule has 0 radical (unpaired) electrons. The topological polar surface area (TPSA) is 84.5 Å². The summed E-state index contributed by atoms with van der Waals surface area (Å²) in [5, 5.41) is 5.51. The first kappa shape index (κ1) is 18.5. The van der Waals surface area contributed by atoms with E-state index in [0.29, 0.717) is 16.3 Å². The van der Waals surface area contributed by atoms with E-state index < -0.39 is 23.9 Å². The van der Waals surface area contributed by atoms with E-state index in [1.54, 1.807) is 54.6 Å². The van der Waals surface area contributed by atoms with Gasteiger partial charge in [-0.05, 0) is 37.3 Å². The van der Waals surface area contributed by atoms with E-state index in [1.807, 2.05) is 0 Å². The Kier molecular flexibility index (Phi) is 6.54. The van der Waals surface area contributed by atoms with Crippen molar-refractivity contribution in [3.63, 3.8) is 0 Å². The highest BCUT2D eigenvalue weighted by Gasteiger charge is 2.18. The number of esters is 1. The van der Waals surface area contributed by atoms with E-state index >= 15 is 0 Å². The Hall–Kier alpha value is -2.86. The second-order valence-electron chi connectivity index (χ2n) is 5.18. The summed E-state index contributed by atoms with van der Waals surface area (Å²) in [6.07, 6.45) is -1.01. The number of carbonyl (C=O) groups excluding carboxylic acids is 3. The lowest BCUT2D eigenvalue weighted by molar-refractivity contribution is -0.152. The minimum absolute atomic E-state index is 0.331. The fourth-order valence-corrected chi connectivity index (χ4v) is 2.14. The van der Waals surface area contributed by atoms with Gasteiger partial charge in [0.05, 0.1) is 0 Å². The molecule has 2 N–H and O–H groups in total. The summed E-state index contributed by atoms with van der Waals surface area (Å²) in [7, 11) is 0. The van der Waals surface area contributed by atoms with Crippen molar-refractivity contribution in [2.24, 2.45) is 0 Å². The van der Waals surface area contributed by atoms with Crippen LogP contribution in [0.1, 0.15) is 17.3 Å². The molecule has 0 aromatic heterocycles. The highest BCUT2D eigenvalue weighted by Crippen LogP contribution is 2.15. The van der Waals surface area contributed by atoms with Gasteiger partial charge in [0.15, 0.2) is 6.10 Å². The van der Waals surface area contributed by atoms with Crippen LogP contribution in [0.4, 0.5) is 5.69 Å². The summed E-state index contributed by atoms with van der Waals surface area (Å²) in [5.41, 5.74) is 0.930. The Morgan fingerprint density at radius 2 is 1.80 bits per heavy atom. The fourth-order valence-electron chi connectivity index (χ4n) is 1.95. The summed E-state index contributed by atoms with van der Waals surface area (Å²) >= 11 is 5.84. The molecular formula is C18H17ClN2O4. The van der Waals surface area contributed by atoms with Crippen molar-refractivity contribution in [1.82, 2.24) is 5.32 Å². The van der Waals surface area contributed by atoms with Crippen LogP contribution >= 0.6 is 11.6 Å². The predicted octanol–water partition coefficient (Wildman–Crippen LogP) is 2.64. The molecule has 0 aliphatic rings. The van der Waals surface area contributed by atoms with Crippen LogP contribution in [0.2, 0.25) is 5.02 Å². The predicted molar refractivity (Wildman–Crippen MR) is 94.4 cm³/mol. The zero-order valence-electron chi connectivity index (χ0n) is 13.5. The van der Waals surface area contributed by atoms with Crippen molar-refractivity contribution in [1.29, 1.82) is 0 Å². The van der Waals surface area contributed by atoms with E-state index in [9.17, 15) is 14.4 Å². The molecule has 0 saturated carbocycles. The molecule has 0 saturated heterocycles. The SMILES string of the molecule is C[C@@H](OC(=O)CNC(=O)c1ccccc1)C(=O)Nc1cccc(Cl)c1. The second kappa shape index (κ2) is 8.84. The second-order valence-corrected chi connectivity index (χ2v) is 5.62. The van der Waals surface area contributed by atoms with Gasteiger partial charge in [0.25, 0.3) is 11.8 Å². The minimum atomic E-state index is -1.01. The van der Waals surface area contributed by atoms with Crippen LogP contribution in [-0.2, 0) is 14.3 Å². The average molecular weight is 361 g/mol. The van der Waals surface area contributed by atoms with Crippen molar-refractivity contribution >= 4 is 35.1 Å². The van der Waals surface area contributed by atoms with E-state index in [4.69, 9.17) is 16.3 Å². The summed E-state index contributed by atoms with van der Waals surface area (Å²) in [5.74, 6) is -1.60. The van der Waals surface area contributed by atoms with Crippen molar-refractivity contribution in [2.45, 2.75) is 13.0 Å². The number of rotatable bonds is 6. The Labute approximate surface area is 150 Å². The van der Waals surface area contributed by atoms with E-state index in [-0.39, 0.29) is 6.54 Å². The standard InChI is InChI=1S/C18H17ClN2O4/c1-12(17(23)21-15-9-5-8-14(19)10-15)25-16(22)11-20-18(24)13-6-3-2-4-7-13/h2-10,12H,11H2,1H3,(H,20,24)(H,21,23)/t12-/m1/s1. The molecule has 1 atom stereocenters. The molecule has 7 heteroatoms. The number of carbonyl (C=O) groups is 3. The number of amides is 2. The quantitative estimate of drug-likeness (QED) is 0.775. The minimum Gasteiger partial charge on any atom is -0.451 e. The molecule has 2 rings (SSSR count). The summed E-state index contributed by atoms with van der Waals surface area (Å²) in [6, 6.07) is 15.1. The van der Waals surface area contributed by atoms with E-state index in [2.05, 4.69) is 10.6 Å².